The van der Waals surface area contributed by atoms with Crippen LogP contribution >= 0.6 is 22.6 Å². The van der Waals surface area contributed by atoms with Gasteiger partial charge in [-0.05, 0) is 42.5 Å². The number of benzene rings is 2. The average Bonchev–Trinajstić information content (AvgIpc) is 3.53. The van der Waals surface area contributed by atoms with Gasteiger partial charge < -0.3 is 25.3 Å². The van der Waals surface area contributed by atoms with Crippen LogP contribution in [0, 0.1) is 0 Å². The number of rotatable bonds is 5. The van der Waals surface area contributed by atoms with Crippen molar-refractivity contribution in [3.8, 4) is 34.2 Å². The first-order valence-electron chi connectivity index (χ1n) is 10.9. The number of ether oxygens (including phenoxy) is 3. The van der Waals surface area contributed by atoms with E-state index < -0.39 is 5.91 Å². The van der Waals surface area contributed by atoms with Crippen LogP contribution < -0.4 is 25.3 Å². The highest BCUT2D eigenvalue weighted by Crippen LogP contribution is 2.42. The highest BCUT2D eigenvalue weighted by atomic mass is 127. The van der Waals surface area contributed by atoms with Gasteiger partial charge in [0.1, 0.15) is 12.4 Å². The van der Waals surface area contributed by atoms with Crippen molar-refractivity contribution in [2.24, 2.45) is 5.73 Å². The minimum Gasteiger partial charge on any atom is -0.488 e. The molecule has 0 fully saturated rings. The molecule has 0 bridgehead atoms. The summed E-state index contributed by atoms with van der Waals surface area (Å²) in [6.45, 7) is 0.268. The highest BCUT2D eigenvalue weighted by molar-refractivity contribution is 14.1. The number of alkyl halides is 1. The van der Waals surface area contributed by atoms with E-state index in [4.69, 9.17) is 19.9 Å². The van der Waals surface area contributed by atoms with Gasteiger partial charge in [0, 0.05) is 33.5 Å². The maximum atomic E-state index is 13.0. The minimum absolute atomic E-state index is 0.116. The van der Waals surface area contributed by atoms with Crippen molar-refractivity contribution in [1.82, 2.24) is 14.8 Å². The number of hydrogen-bond donors (Lipinski definition) is 2. The van der Waals surface area contributed by atoms with E-state index in [9.17, 15) is 9.59 Å². The number of hydrogen-bond acceptors (Lipinski definition) is 7. The van der Waals surface area contributed by atoms with E-state index in [1.54, 1.807) is 53.3 Å². The topological polar surface area (TPSA) is 131 Å². The Labute approximate surface area is 218 Å². The number of primary amides is 1. The predicted octanol–water partition coefficient (Wildman–Crippen LogP) is 3.84. The van der Waals surface area contributed by atoms with Crippen LogP contribution in [0.4, 0.5) is 5.69 Å². The van der Waals surface area contributed by atoms with Crippen molar-refractivity contribution >= 4 is 40.1 Å². The van der Waals surface area contributed by atoms with E-state index in [2.05, 4.69) is 38.0 Å². The molecule has 0 radical (unpaired) electrons. The Morgan fingerprint density at radius 2 is 1.89 bits per heavy atom. The molecular weight excluding hydrogens is 577 g/mol. The molecule has 4 heterocycles. The number of nitrogens with two attached hydrogens (primary N) is 1. The third kappa shape index (κ3) is 3.71. The number of anilines is 1. The summed E-state index contributed by atoms with van der Waals surface area (Å²) < 4.78 is 19.1. The molecule has 6 rings (SSSR count). The molecule has 10 nitrogen and oxygen atoms in total. The Bertz CT molecular complexity index is 1550. The molecule has 2 aliphatic rings. The second-order valence-corrected chi connectivity index (χ2v) is 8.84. The lowest BCUT2D eigenvalue weighted by molar-refractivity contribution is 0.0990. The van der Waals surface area contributed by atoms with Gasteiger partial charge in [0.2, 0.25) is 6.79 Å². The van der Waals surface area contributed by atoms with E-state index in [1.807, 2.05) is 6.07 Å². The van der Waals surface area contributed by atoms with Crippen LogP contribution in [-0.2, 0) is 11.0 Å². The fourth-order valence-electron chi connectivity index (χ4n) is 4.28. The first kappa shape index (κ1) is 22.3. The SMILES string of the molecule is NC(=O)c1nn(-c2ccc3c(c2)OCO3)c2c1COc1ccc(NC(=O)c3cccnc3CI)cc1-2. The Hall–Kier alpha value is -4.13. The van der Waals surface area contributed by atoms with Gasteiger partial charge >= 0.3 is 0 Å². The van der Waals surface area contributed by atoms with Gasteiger partial charge in [0.25, 0.3) is 11.8 Å². The molecular formula is C25H18IN5O5. The average molecular weight is 595 g/mol. The molecule has 36 heavy (non-hydrogen) atoms. The maximum absolute atomic E-state index is 13.0. The van der Waals surface area contributed by atoms with Crippen molar-refractivity contribution < 1.29 is 23.8 Å². The minimum atomic E-state index is -0.662. The molecule has 0 aliphatic carbocycles. The molecule has 0 saturated heterocycles. The zero-order chi connectivity index (χ0) is 24.8. The predicted molar refractivity (Wildman–Crippen MR) is 138 cm³/mol. The molecule has 180 valence electrons. The molecule has 2 aliphatic heterocycles. The van der Waals surface area contributed by atoms with Crippen molar-refractivity contribution in [1.29, 1.82) is 0 Å². The van der Waals surface area contributed by atoms with E-state index in [1.165, 1.54) is 0 Å². The van der Waals surface area contributed by atoms with Gasteiger partial charge in [-0.3, -0.25) is 14.6 Å². The van der Waals surface area contributed by atoms with Crippen LogP contribution in [0.25, 0.3) is 16.9 Å². The van der Waals surface area contributed by atoms with Gasteiger partial charge in [0.05, 0.1) is 22.6 Å². The quantitative estimate of drug-likeness (QED) is 0.265. The third-order valence-corrected chi connectivity index (χ3v) is 6.67. The lowest BCUT2D eigenvalue weighted by Crippen LogP contribution is -2.16. The molecule has 2 aromatic heterocycles. The van der Waals surface area contributed by atoms with Crippen LogP contribution in [0.15, 0.2) is 54.7 Å². The largest absolute Gasteiger partial charge is 0.488 e. The van der Waals surface area contributed by atoms with E-state index in [0.717, 1.165) is 0 Å². The summed E-state index contributed by atoms with van der Waals surface area (Å²) in [4.78, 5) is 29.5. The van der Waals surface area contributed by atoms with Crippen LogP contribution in [0.1, 0.15) is 32.1 Å². The Morgan fingerprint density at radius 1 is 1.06 bits per heavy atom. The first-order valence-corrected chi connectivity index (χ1v) is 12.5. The van der Waals surface area contributed by atoms with Crippen LogP contribution in [0.5, 0.6) is 17.2 Å². The molecule has 2 amide bonds. The number of nitrogens with one attached hydrogen (secondary N) is 1. The van der Waals surface area contributed by atoms with E-state index in [0.29, 0.717) is 61.1 Å². The van der Waals surface area contributed by atoms with Gasteiger partial charge in [0.15, 0.2) is 17.2 Å². The summed E-state index contributed by atoms with van der Waals surface area (Å²) in [5, 5.41) is 7.46. The number of nitrogens with zero attached hydrogens (tertiary/aromatic N) is 3. The molecule has 0 atom stereocenters. The second-order valence-electron chi connectivity index (χ2n) is 8.07. The summed E-state index contributed by atoms with van der Waals surface area (Å²) in [6, 6.07) is 14.2. The van der Waals surface area contributed by atoms with Crippen molar-refractivity contribution in [2.45, 2.75) is 11.0 Å². The summed E-state index contributed by atoms with van der Waals surface area (Å²) in [6.07, 6.45) is 1.66. The second kappa shape index (κ2) is 8.82. The fraction of sp³-hybridized carbons (Fsp3) is 0.120. The number of fused-ring (bicyclic) bond motifs is 4. The van der Waals surface area contributed by atoms with E-state index in [-0.39, 0.29) is 25.0 Å². The molecule has 3 N–H and O–H groups in total. The number of halogens is 1. The fourth-order valence-corrected chi connectivity index (χ4v) is 4.89. The third-order valence-electron chi connectivity index (χ3n) is 5.94. The molecule has 0 spiro atoms. The van der Waals surface area contributed by atoms with Crippen molar-refractivity contribution in [3.05, 3.63) is 77.2 Å². The normalized spacial score (nSPS) is 12.9. The number of amides is 2. The number of carbonyl (C=O) groups excluding carboxylic acids is 2. The van der Waals surface area contributed by atoms with E-state index >= 15 is 0 Å². The molecule has 0 saturated carbocycles. The van der Waals surface area contributed by atoms with Crippen molar-refractivity contribution in [3.63, 3.8) is 0 Å². The standard InChI is InChI=1S/C25H18IN5O5/c26-10-18-15(2-1-7-28-18)25(33)29-13-3-5-19-16(8-13)23-17(11-34-19)22(24(27)32)30-31(23)14-4-6-20-21(9-14)36-12-35-20/h1-9H,10-12H2,(H2,27,32)(H,29,33). The molecule has 0 unspecified atom stereocenters. The lowest BCUT2D eigenvalue weighted by Gasteiger charge is -2.21. The molecule has 2 aromatic carbocycles. The molecule has 11 heteroatoms. The number of carbonyl (C=O) groups is 2. The van der Waals surface area contributed by atoms with Gasteiger partial charge in [-0.1, -0.05) is 22.6 Å². The highest BCUT2D eigenvalue weighted by Gasteiger charge is 2.30. The maximum Gasteiger partial charge on any atom is 0.269 e. The summed E-state index contributed by atoms with van der Waals surface area (Å²) in [5.74, 6) is 0.866. The summed E-state index contributed by atoms with van der Waals surface area (Å²) >= 11 is 2.18. The van der Waals surface area contributed by atoms with Gasteiger partial charge in [-0.2, -0.15) is 5.10 Å². The monoisotopic (exact) mass is 595 g/mol. The zero-order valence-electron chi connectivity index (χ0n) is 18.7. The molecule has 4 aromatic rings. The van der Waals surface area contributed by atoms with Crippen LogP contribution in [0.2, 0.25) is 0 Å². The van der Waals surface area contributed by atoms with Gasteiger partial charge in [-0.25, -0.2) is 4.68 Å². The lowest BCUT2D eigenvalue weighted by atomic mass is 10.0. The van der Waals surface area contributed by atoms with Crippen LogP contribution in [-0.4, -0.2) is 33.4 Å². The number of pyridine rings is 1. The summed E-state index contributed by atoms with van der Waals surface area (Å²) in [7, 11) is 0. The Kier molecular flexibility index (Phi) is 5.48. The van der Waals surface area contributed by atoms with Crippen LogP contribution in [0.3, 0.4) is 0 Å². The Morgan fingerprint density at radius 3 is 2.72 bits per heavy atom. The van der Waals surface area contributed by atoms with Crippen molar-refractivity contribution in [2.75, 3.05) is 12.1 Å². The zero-order valence-corrected chi connectivity index (χ0v) is 20.8. The van der Waals surface area contributed by atoms with Gasteiger partial charge in [-0.15, -0.1) is 0 Å². The summed E-state index contributed by atoms with van der Waals surface area (Å²) in [5.41, 5.74) is 10.1. The number of aromatic nitrogens is 3. The smallest absolute Gasteiger partial charge is 0.269 e. The first-order chi connectivity index (χ1) is 17.5. The Balaban J connectivity index is 1.44.